The van der Waals surface area contributed by atoms with Crippen molar-refractivity contribution in [1.29, 1.82) is 0 Å². The molecule has 0 saturated carbocycles. The number of hydrogen-bond donors (Lipinski definition) is 1. The molecule has 1 aromatic heterocycles. The number of rotatable bonds is 3. The van der Waals surface area contributed by atoms with Gasteiger partial charge in [0.25, 0.3) is 0 Å². The molecule has 0 amide bonds. The van der Waals surface area contributed by atoms with Gasteiger partial charge in [-0.2, -0.15) is 0 Å². The molecule has 1 heterocycles. The van der Waals surface area contributed by atoms with Gasteiger partial charge in [-0.1, -0.05) is 17.7 Å². The third kappa shape index (κ3) is 2.12. The predicted octanol–water partition coefficient (Wildman–Crippen LogP) is 3.00. The molecule has 1 N–H and O–H groups in total. The fourth-order valence-electron chi connectivity index (χ4n) is 1.41. The summed E-state index contributed by atoms with van der Waals surface area (Å²) >= 11 is 5.72. The molecule has 0 fully saturated rings. The van der Waals surface area contributed by atoms with Crippen LogP contribution in [0.5, 0.6) is 0 Å². The maximum atomic E-state index is 13.5. The SMILES string of the molecule is O=C(O)c1ccc(C(=O)c2c(F)cccc2Cl)o1. The lowest BCUT2D eigenvalue weighted by atomic mass is 10.1. The largest absolute Gasteiger partial charge is 0.475 e. The molecule has 0 saturated heterocycles. The van der Waals surface area contributed by atoms with Crippen molar-refractivity contribution in [2.24, 2.45) is 0 Å². The van der Waals surface area contributed by atoms with E-state index >= 15 is 0 Å². The molecule has 0 atom stereocenters. The maximum absolute atomic E-state index is 13.5. The molecule has 0 aliphatic carbocycles. The predicted molar refractivity (Wildman–Crippen MR) is 60.5 cm³/mol. The Morgan fingerprint density at radius 1 is 1.17 bits per heavy atom. The van der Waals surface area contributed by atoms with Crippen LogP contribution in [0, 0.1) is 5.82 Å². The van der Waals surface area contributed by atoms with Crippen molar-refractivity contribution in [3.63, 3.8) is 0 Å². The van der Waals surface area contributed by atoms with E-state index in [0.29, 0.717) is 0 Å². The molecule has 1 aromatic carbocycles. The first-order valence-corrected chi connectivity index (χ1v) is 5.20. The molecule has 0 aliphatic rings. The summed E-state index contributed by atoms with van der Waals surface area (Å²) < 4.78 is 18.3. The number of halogens is 2. The zero-order valence-corrected chi connectivity index (χ0v) is 9.57. The van der Waals surface area contributed by atoms with Gasteiger partial charge < -0.3 is 9.52 Å². The molecule has 0 bridgehead atoms. The van der Waals surface area contributed by atoms with E-state index in [1.54, 1.807) is 0 Å². The molecule has 0 radical (unpaired) electrons. The van der Waals surface area contributed by atoms with Crippen molar-refractivity contribution < 1.29 is 23.5 Å². The number of carboxylic acid groups (broad SMARTS) is 1. The Hall–Kier alpha value is -2.14. The molecule has 92 valence electrons. The lowest BCUT2D eigenvalue weighted by Crippen LogP contribution is -2.04. The summed E-state index contributed by atoms with van der Waals surface area (Å²) in [6, 6.07) is 6.08. The fourth-order valence-corrected chi connectivity index (χ4v) is 1.66. The molecule has 0 aliphatic heterocycles. The highest BCUT2D eigenvalue weighted by Crippen LogP contribution is 2.23. The van der Waals surface area contributed by atoms with Crippen LogP contribution >= 0.6 is 11.6 Å². The van der Waals surface area contributed by atoms with Gasteiger partial charge in [-0.05, 0) is 24.3 Å². The van der Waals surface area contributed by atoms with Crippen molar-refractivity contribution in [1.82, 2.24) is 0 Å². The molecule has 0 unspecified atom stereocenters. The smallest absolute Gasteiger partial charge is 0.371 e. The average molecular weight is 269 g/mol. The van der Waals surface area contributed by atoms with Crippen LogP contribution in [0.2, 0.25) is 5.02 Å². The van der Waals surface area contributed by atoms with E-state index in [1.165, 1.54) is 12.1 Å². The fraction of sp³-hybridized carbons (Fsp3) is 0. The van der Waals surface area contributed by atoms with Gasteiger partial charge in [0.2, 0.25) is 11.5 Å². The number of carbonyl (C=O) groups excluding carboxylic acids is 1. The topological polar surface area (TPSA) is 67.5 Å². The second kappa shape index (κ2) is 4.62. The van der Waals surface area contributed by atoms with Gasteiger partial charge in [0.15, 0.2) is 5.76 Å². The second-order valence-corrected chi connectivity index (χ2v) is 3.80. The van der Waals surface area contributed by atoms with E-state index in [0.717, 1.165) is 18.2 Å². The number of benzene rings is 1. The number of hydrogen-bond acceptors (Lipinski definition) is 3. The Labute approximate surface area is 106 Å². The molecule has 6 heteroatoms. The highest BCUT2D eigenvalue weighted by Gasteiger charge is 2.21. The zero-order valence-electron chi connectivity index (χ0n) is 8.81. The van der Waals surface area contributed by atoms with Gasteiger partial charge in [0.1, 0.15) is 5.82 Å². The Bertz CT molecular complexity index is 613. The lowest BCUT2D eigenvalue weighted by molar-refractivity contribution is 0.0660. The first-order chi connectivity index (χ1) is 8.50. The second-order valence-electron chi connectivity index (χ2n) is 3.39. The summed E-state index contributed by atoms with van der Waals surface area (Å²) in [6.07, 6.45) is 0. The summed E-state index contributed by atoms with van der Waals surface area (Å²) in [5.74, 6) is -3.58. The molecule has 0 spiro atoms. The Balaban J connectivity index is 2.45. The molecule has 4 nitrogen and oxygen atoms in total. The Morgan fingerprint density at radius 3 is 2.39 bits per heavy atom. The molecular formula is C12H6ClFO4. The minimum atomic E-state index is -1.31. The van der Waals surface area contributed by atoms with E-state index in [2.05, 4.69) is 0 Å². The van der Waals surface area contributed by atoms with E-state index in [1.807, 2.05) is 0 Å². The number of carboxylic acids is 1. The van der Waals surface area contributed by atoms with Crippen LogP contribution in [-0.2, 0) is 0 Å². The number of aromatic carboxylic acids is 1. The monoisotopic (exact) mass is 268 g/mol. The van der Waals surface area contributed by atoms with Gasteiger partial charge in [-0.15, -0.1) is 0 Å². The summed E-state index contributed by atoms with van der Waals surface area (Å²) in [7, 11) is 0. The van der Waals surface area contributed by atoms with Crippen molar-refractivity contribution in [3.8, 4) is 0 Å². The normalized spacial score (nSPS) is 10.3. The quantitative estimate of drug-likeness (QED) is 0.869. The van der Waals surface area contributed by atoms with E-state index in [9.17, 15) is 14.0 Å². The van der Waals surface area contributed by atoms with E-state index in [4.69, 9.17) is 21.1 Å². The molecule has 2 aromatic rings. The Morgan fingerprint density at radius 2 is 1.83 bits per heavy atom. The lowest BCUT2D eigenvalue weighted by Gasteiger charge is -2.02. The highest BCUT2D eigenvalue weighted by atomic mass is 35.5. The van der Waals surface area contributed by atoms with Crippen LogP contribution in [-0.4, -0.2) is 16.9 Å². The van der Waals surface area contributed by atoms with E-state index in [-0.39, 0.29) is 16.3 Å². The standard InChI is InChI=1S/C12H6ClFO4/c13-6-2-1-3-7(14)10(6)11(15)8-4-5-9(18-8)12(16)17/h1-5H,(H,16,17). The van der Waals surface area contributed by atoms with Gasteiger partial charge in [-0.25, -0.2) is 9.18 Å². The molecular weight excluding hydrogens is 263 g/mol. The van der Waals surface area contributed by atoms with Crippen LogP contribution in [0.3, 0.4) is 0 Å². The van der Waals surface area contributed by atoms with Crippen molar-refractivity contribution in [2.75, 3.05) is 0 Å². The average Bonchev–Trinajstić information content (AvgIpc) is 2.77. The minimum absolute atomic E-state index is 0.0618. The summed E-state index contributed by atoms with van der Waals surface area (Å²) in [5.41, 5.74) is -0.342. The molecule has 18 heavy (non-hydrogen) atoms. The highest BCUT2D eigenvalue weighted by molar-refractivity contribution is 6.34. The first-order valence-electron chi connectivity index (χ1n) is 4.82. The number of furan rings is 1. The number of carbonyl (C=O) groups is 2. The van der Waals surface area contributed by atoms with Gasteiger partial charge in [-0.3, -0.25) is 4.79 Å². The van der Waals surface area contributed by atoms with E-state index < -0.39 is 23.3 Å². The van der Waals surface area contributed by atoms with Crippen LogP contribution in [0.4, 0.5) is 4.39 Å². The summed E-state index contributed by atoms with van der Waals surface area (Å²) in [6.45, 7) is 0. The van der Waals surface area contributed by atoms with Crippen LogP contribution in [0.15, 0.2) is 34.7 Å². The third-order valence-electron chi connectivity index (χ3n) is 2.23. The van der Waals surface area contributed by atoms with Gasteiger partial charge in [0, 0.05) is 0 Å². The van der Waals surface area contributed by atoms with Crippen molar-refractivity contribution >= 4 is 23.4 Å². The maximum Gasteiger partial charge on any atom is 0.371 e. The summed E-state index contributed by atoms with van der Waals surface area (Å²) in [5, 5.41) is 8.59. The van der Waals surface area contributed by atoms with Crippen molar-refractivity contribution in [3.05, 3.63) is 58.3 Å². The van der Waals surface area contributed by atoms with Crippen LogP contribution < -0.4 is 0 Å². The summed E-state index contributed by atoms with van der Waals surface area (Å²) in [4.78, 5) is 22.5. The van der Waals surface area contributed by atoms with Crippen LogP contribution in [0.25, 0.3) is 0 Å². The molecule has 2 rings (SSSR count). The third-order valence-corrected chi connectivity index (χ3v) is 2.55. The van der Waals surface area contributed by atoms with Crippen LogP contribution in [0.1, 0.15) is 26.7 Å². The zero-order chi connectivity index (χ0) is 13.3. The Kier molecular flexibility index (Phi) is 3.16. The van der Waals surface area contributed by atoms with Gasteiger partial charge in [0.05, 0.1) is 10.6 Å². The minimum Gasteiger partial charge on any atom is -0.475 e. The number of ketones is 1. The first kappa shape index (κ1) is 12.3. The van der Waals surface area contributed by atoms with Gasteiger partial charge >= 0.3 is 5.97 Å². The van der Waals surface area contributed by atoms with Crippen molar-refractivity contribution in [2.45, 2.75) is 0 Å².